The zero-order valence-corrected chi connectivity index (χ0v) is 10.6. The second-order valence-corrected chi connectivity index (χ2v) is 4.05. The molecule has 2 aromatic rings. The molecule has 0 bridgehead atoms. The molecule has 0 spiro atoms. The van der Waals surface area contributed by atoms with E-state index in [1.807, 2.05) is 0 Å². The Morgan fingerprint density at radius 2 is 1.94 bits per heavy atom. The van der Waals surface area contributed by atoms with E-state index >= 15 is 0 Å². The van der Waals surface area contributed by atoms with Gasteiger partial charge in [0, 0.05) is 10.9 Å². The van der Waals surface area contributed by atoms with Crippen LogP contribution >= 0.6 is 15.9 Å². The Balaban J connectivity index is 2.32. The van der Waals surface area contributed by atoms with E-state index in [-0.39, 0.29) is 11.3 Å². The normalized spacial score (nSPS) is 10.4. The van der Waals surface area contributed by atoms with Crippen molar-refractivity contribution in [2.75, 3.05) is 0 Å². The van der Waals surface area contributed by atoms with Gasteiger partial charge in [0.1, 0.15) is 5.69 Å². The lowest BCUT2D eigenvalue weighted by molar-refractivity contribution is 0.103. The lowest BCUT2D eigenvalue weighted by atomic mass is 10.1. The first-order valence-electron chi connectivity index (χ1n) is 4.98. The molecule has 0 aliphatic carbocycles. The van der Waals surface area contributed by atoms with Crippen LogP contribution in [0.2, 0.25) is 0 Å². The number of aromatic nitrogens is 2. The first-order chi connectivity index (χ1) is 8.61. The van der Waals surface area contributed by atoms with Crippen LogP contribution in [0.25, 0.3) is 0 Å². The highest BCUT2D eigenvalue weighted by Crippen LogP contribution is 2.12. The molecule has 0 aliphatic rings. The summed E-state index contributed by atoms with van der Waals surface area (Å²) < 4.78 is 25.7. The van der Waals surface area contributed by atoms with Crippen molar-refractivity contribution in [3.63, 3.8) is 0 Å². The largest absolute Gasteiger partial charge is 0.287 e. The van der Waals surface area contributed by atoms with Crippen LogP contribution in [0.5, 0.6) is 0 Å². The van der Waals surface area contributed by atoms with Crippen molar-refractivity contribution in [2.45, 2.75) is 5.33 Å². The van der Waals surface area contributed by atoms with Gasteiger partial charge in [-0.25, -0.2) is 13.8 Å². The summed E-state index contributed by atoms with van der Waals surface area (Å²) in [4.78, 5) is 19.8. The first-order valence-corrected chi connectivity index (χ1v) is 6.10. The number of hydrogen-bond donors (Lipinski definition) is 0. The van der Waals surface area contributed by atoms with Gasteiger partial charge in [-0.1, -0.05) is 15.9 Å². The number of hydrogen-bond acceptors (Lipinski definition) is 3. The van der Waals surface area contributed by atoms with E-state index in [1.54, 1.807) is 0 Å². The van der Waals surface area contributed by atoms with Gasteiger partial charge in [-0.3, -0.25) is 9.78 Å². The number of carbonyl (C=O) groups is 1. The standard InChI is InChI=1S/C12H7BrF2N2O/c13-4-8-5-17-11(6-16-8)12(18)7-1-2-9(14)10(15)3-7/h1-3,5-6H,4H2. The van der Waals surface area contributed by atoms with Crippen LogP contribution < -0.4 is 0 Å². The maximum absolute atomic E-state index is 13.0. The minimum atomic E-state index is -1.06. The molecule has 0 saturated carbocycles. The van der Waals surface area contributed by atoms with E-state index < -0.39 is 17.4 Å². The summed E-state index contributed by atoms with van der Waals surface area (Å²) >= 11 is 3.20. The van der Waals surface area contributed by atoms with E-state index in [0.29, 0.717) is 11.0 Å². The van der Waals surface area contributed by atoms with Crippen LogP contribution in [0.3, 0.4) is 0 Å². The predicted molar refractivity (Wildman–Crippen MR) is 64.5 cm³/mol. The Morgan fingerprint density at radius 3 is 2.50 bits per heavy atom. The zero-order valence-electron chi connectivity index (χ0n) is 9.03. The van der Waals surface area contributed by atoms with E-state index in [4.69, 9.17) is 0 Å². The summed E-state index contributed by atoms with van der Waals surface area (Å²) in [5, 5.41) is 0.527. The Hall–Kier alpha value is -1.69. The first kappa shape index (κ1) is 12.8. The maximum Gasteiger partial charge on any atom is 0.213 e. The van der Waals surface area contributed by atoms with Gasteiger partial charge < -0.3 is 0 Å². The molecule has 1 aromatic carbocycles. The fraction of sp³-hybridized carbons (Fsp3) is 0.0833. The number of nitrogens with zero attached hydrogens (tertiary/aromatic N) is 2. The number of alkyl halides is 1. The van der Waals surface area contributed by atoms with E-state index in [1.165, 1.54) is 18.5 Å². The molecule has 0 atom stereocenters. The maximum atomic E-state index is 13.0. The highest BCUT2D eigenvalue weighted by atomic mass is 79.9. The minimum Gasteiger partial charge on any atom is -0.287 e. The van der Waals surface area contributed by atoms with Crippen LogP contribution in [0.4, 0.5) is 8.78 Å². The van der Waals surface area contributed by atoms with Crippen molar-refractivity contribution in [3.05, 3.63) is 59.2 Å². The molecule has 92 valence electrons. The fourth-order valence-corrected chi connectivity index (χ4v) is 1.62. The number of rotatable bonds is 3. The zero-order chi connectivity index (χ0) is 13.1. The van der Waals surface area contributed by atoms with Crippen LogP contribution in [0, 0.1) is 11.6 Å². The third-order valence-electron chi connectivity index (χ3n) is 2.26. The molecule has 0 fully saturated rings. The average Bonchev–Trinajstić information content (AvgIpc) is 2.41. The summed E-state index contributed by atoms with van der Waals surface area (Å²) in [6, 6.07) is 2.96. The molecule has 1 heterocycles. The van der Waals surface area contributed by atoms with Crippen LogP contribution in [0.1, 0.15) is 21.7 Å². The SMILES string of the molecule is O=C(c1ccc(F)c(F)c1)c1cnc(CBr)cn1. The molecule has 0 aliphatic heterocycles. The van der Waals surface area contributed by atoms with Gasteiger partial charge in [0.2, 0.25) is 5.78 Å². The lowest BCUT2D eigenvalue weighted by Gasteiger charge is -2.01. The van der Waals surface area contributed by atoms with Crippen molar-refractivity contribution in [3.8, 4) is 0 Å². The highest BCUT2D eigenvalue weighted by Gasteiger charge is 2.13. The summed E-state index contributed by atoms with van der Waals surface area (Å²) in [6.45, 7) is 0. The highest BCUT2D eigenvalue weighted by molar-refractivity contribution is 9.08. The molecule has 2 rings (SSSR count). The summed E-state index contributed by atoms with van der Waals surface area (Å²) in [6.07, 6.45) is 2.75. The average molecular weight is 313 g/mol. The van der Waals surface area contributed by atoms with Crippen molar-refractivity contribution >= 4 is 21.7 Å². The van der Waals surface area contributed by atoms with Gasteiger partial charge in [-0.15, -0.1) is 0 Å². The van der Waals surface area contributed by atoms with Crippen LogP contribution in [-0.4, -0.2) is 15.8 Å². The van der Waals surface area contributed by atoms with Crippen molar-refractivity contribution in [1.29, 1.82) is 0 Å². The van der Waals surface area contributed by atoms with Gasteiger partial charge in [0.25, 0.3) is 0 Å². The Bertz CT molecular complexity index is 587. The summed E-state index contributed by atoms with van der Waals surface area (Å²) in [5.41, 5.74) is 0.803. The van der Waals surface area contributed by atoms with Crippen molar-refractivity contribution in [1.82, 2.24) is 9.97 Å². The molecular formula is C12H7BrF2N2O. The van der Waals surface area contributed by atoms with Crippen molar-refractivity contribution in [2.24, 2.45) is 0 Å². The van der Waals surface area contributed by atoms with E-state index in [9.17, 15) is 13.6 Å². The third kappa shape index (κ3) is 2.59. The Kier molecular flexibility index (Phi) is 3.76. The van der Waals surface area contributed by atoms with Gasteiger partial charge in [0.15, 0.2) is 11.6 Å². The van der Waals surface area contributed by atoms with Gasteiger partial charge in [-0.05, 0) is 18.2 Å². The van der Waals surface area contributed by atoms with Crippen LogP contribution in [0.15, 0.2) is 30.6 Å². The van der Waals surface area contributed by atoms with Gasteiger partial charge in [-0.2, -0.15) is 0 Å². The molecule has 0 saturated heterocycles. The molecule has 1 aromatic heterocycles. The molecule has 0 unspecified atom stereocenters. The molecule has 3 nitrogen and oxygen atoms in total. The third-order valence-corrected chi connectivity index (χ3v) is 2.83. The van der Waals surface area contributed by atoms with Crippen molar-refractivity contribution < 1.29 is 13.6 Å². The Labute approximate surface area is 110 Å². The number of benzene rings is 1. The van der Waals surface area contributed by atoms with Crippen LogP contribution in [-0.2, 0) is 5.33 Å². The van der Waals surface area contributed by atoms with Gasteiger partial charge in [0.05, 0.1) is 18.1 Å². The number of ketones is 1. The number of halogens is 3. The molecule has 6 heteroatoms. The number of carbonyl (C=O) groups excluding carboxylic acids is 1. The summed E-state index contributed by atoms with van der Waals surface area (Å²) in [7, 11) is 0. The Morgan fingerprint density at radius 1 is 1.17 bits per heavy atom. The smallest absolute Gasteiger partial charge is 0.213 e. The molecule has 0 N–H and O–H groups in total. The molecule has 0 amide bonds. The molecule has 0 radical (unpaired) electrons. The fourth-order valence-electron chi connectivity index (χ4n) is 1.33. The predicted octanol–water partition coefficient (Wildman–Crippen LogP) is 2.88. The van der Waals surface area contributed by atoms with E-state index in [2.05, 4.69) is 25.9 Å². The minimum absolute atomic E-state index is 0.0368. The molecule has 18 heavy (non-hydrogen) atoms. The van der Waals surface area contributed by atoms with Gasteiger partial charge >= 0.3 is 0 Å². The molecular weight excluding hydrogens is 306 g/mol. The topological polar surface area (TPSA) is 42.9 Å². The quantitative estimate of drug-likeness (QED) is 0.646. The second-order valence-electron chi connectivity index (χ2n) is 3.48. The van der Waals surface area contributed by atoms with E-state index in [0.717, 1.165) is 12.1 Å². The summed E-state index contributed by atoms with van der Waals surface area (Å²) in [5.74, 6) is -2.55. The second kappa shape index (κ2) is 5.30. The monoisotopic (exact) mass is 312 g/mol. The lowest BCUT2D eigenvalue weighted by Crippen LogP contribution is -2.06.